The minimum atomic E-state index is -4.41. The highest BCUT2D eigenvalue weighted by atomic mass is 19.4. The Balaban J connectivity index is 2.43. The molecule has 0 aliphatic heterocycles. The Kier molecular flexibility index (Phi) is 3.70. The fourth-order valence-electron chi connectivity index (χ4n) is 0.898. The number of carbonyl (C=O) groups excluding carboxylic acids is 1. The second-order valence-corrected chi connectivity index (χ2v) is 3.11. The highest BCUT2D eigenvalue weighted by Crippen LogP contribution is 2.12. The molecule has 7 heteroatoms. The number of carbonyl (C=O) groups is 1. The van der Waals surface area contributed by atoms with Crippen molar-refractivity contribution in [3.8, 4) is 0 Å². The van der Waals surface area contributed by atoms with Crippen molar-refractivity contribution in [3.63, 3.8) is 0 Å². The number of anilines is 1. The second kappa shape index (κ2) is 4.82. The number of pyridine rings is 1. The number of aryl methyl sites for hydroxylation is 1. The van der Waals surface area contributed by atoms with E-state index in [0.29, 0.717) is 5.69 Å². The van der Waals surface area contributed by atoms with Crippen molar-refractivity contribution in [2.45, 2.75) is 13.1 Å². The zero-order valence-corrected chi connectivity index (χ0v) is 8.43. The van der Waals surface area contributed by atoms with Crippen molar-refractivity contribution in [3.05, 3.63) is 24.0 Å². The molecule has 0 aliphatic rings. The Morgan fingerprint density at radius 2 is 2.12 bits per heavy atom. The summed E-state index contributed by atoms with van der Waals surface area (Å²) in [5.41, 5.74) is 1.09. The van der Waals surface area contributed by atoms with Crippen LogP contribution < -0.4 is 10.6 Å². The average molecular weight is 233 g/mol. The van der Waals surface area contributed by atoms with Crippen LogP contribution in [0.1, 0.15) is 5.69 Å². The molecular weight excluding hydrogens is 223 g/mol. The van der Waals surface area contributed by atoms with E-state index in [1.807, 2.05) is 0 Å². The Labute approximate surface area is 89.9 Å². The SMILES string of the molecule is Cc1ccc(NC(=O)NCC(F)(F)F)cn1. The topological polar surface area (TPSA) is 54.0 Å². The Morgan fingerprint density at radius 1 is 1.44 bits per heavy atom. The highest BCUT2D eigenvalue weighted by Gasteiger charge is 2.27. The van der Waals surface area contributed by atoms with Gasteiger partial charge in [-0.3, -0.25) is 4.98 Å². The third kappa shape index (κ3) is 4.63. The summed E-state index contributed by atoms with van der Waals surface area (Å²) in [5, 5.41) is 3.91. The van der Waals surface area contributed by atoms with Gasteiger partial charge in [0.25, 0.3) is 0 Å². The number of rotatable bonds is 2. The quantitative estimate of drug-likeness (QED) is 0.821. The molecule has 0 fully saturated rings. The minimum absolute atomic E-state index is 0.338. The van der Waals surface area contributed by atoms with E-state index >= 15 is 0 Å². The Morgan fingerprint density at radius 3 is 2.62 bits per heavy atom. The lowest BCUT2D eigenvalue weighted by atomic mass is 10.3. The molecule has 0 atom stereocenters. The monoisotopic (exact) mass is 233 g/mol. The highest BCUT2D eigenvalue weighted by molar-refractivity contribution is 5.88. The van der Waals surface area contributed by atoms with Crippen molar-refractivity contribution in [1.29, 1.82) is 0 Å². The van der Waals surface area contributed by atoms with Crippen LogP contribution in [0.4, 0.5) is 23.7 Å². The van der Waals surface area contributed by atoms with Crippen molar-refractivity contribution < 1.29 is 18.0 Å². The summed E-state index contributed by atoms with van der Waals surface area (Å²) in [5.74, 6) is 0. The lowest BCUT2D eigenvalue weighted by Crippen LogP contribution is -2.36. The number of urea groups is 1. The average Bonchev–Trinajstić information content (AvgIpc) is 2.18. The van der Waals surface area contributed by atoms with Gasteiger partial charge in [0.05, 0.1) is 11.9 Å². The molecule has 0 saturated heterocycles. The first-order valence-corrected chi connectivity index (χ1v) is 4.41. The van der Waals surface area contributed by atoms with Crippen LogP contribution in [0.3, 0.4) is 0 Å². The number of alkyl halides is 3. The van der Waals surface area contributed by atoms with Gasteiger partial charge in [-0.05, 0) is 19.1 Å². The van der Waals surface area contributed by atoms with Crippen molar-refractivity contribution in [2.24, 2.45) is 0 Å². The fraction of sp³-hybridized carbons (Fsp3) is 0.333. The van der Waals surface area contributed by atoms with E-state index in [4.69, 9.17) is 0 Å². The summed E-state index contributed by atoms with van der Waals surface area (Å²) in [6.07, 6.45) is -3.05. The first-order chi connectivity index (χ1) is 7.37. The molecule has 0 aliphatic carbocycles. The number of hydrogen-bond donors (Lipinski definition) is 2. The number of hydrogen-bond acceptors (Lipinski definition) is 2. The van der Waals surface area contributed by atoms with Crippen LogP contribution in [0, 0.1) is 6.92 Å². The summed E-state index contributed by atoms with van der Waals surface area (Å²) in [6.45, 7) is 0.394. The molecule has 1 heterocycles. The third-order valence-electron chi connectivity index (χ3n) is 1.62. The summed E-state index contributed by atoms with van der Waals surface area (Å²) in [4.78, 5) is 14.9. The van der Waals surface area contributed by atoms with Crippen LogP contribution in [0.5, 0.6) is 0 Å². The molecule has 16 heavy (non-hydrogen) atoms. The maximum absolute atomic E-state index is 11.8. The molecule has 1 rings (SSSR count). The molecule has 1 aromatic heterocycles. The lowest BCUT2D eigenvalue weighted by Gasteiger charge is -2.09. The standard InChI is InChI=1S/C9H10F3N3O/c1-6-2-3-7(4-13-6)15-8(16)14-5-9(10,11)12/h2-4H,5H2,1H3,(H2,14,15,16). The van der Waals surface area contributed by atoms with Gasteiger partial charge in [-0.2, -0.15) is 13.2 Å². The van der Waals surface area contributed by atoms with Gasteiger partial charge in [0.1, 0.15) is 6.54 Å². The van der Waals surface area contributed by atoms with Gasteiger partial charge in [-0.15, -0.1) is 0 Å². The first kappa shape index (κ1) is 12.3. The molecule has 0 bridgehead atoms. The molecule has 0 radical (unpaired) electrons. The number of nitrogens with zero attached hydrogens (tertiary/aromatic N) is 1. The summed E-state index contributed by atoms with van der Waals surface area (Å²) < 4.78 is 35.3. The minimum Gasteiger partial charge on any atom is -0.329 e. The van der Waals surface area contributed by atoms with Gasteiger partial charge in [0.2, 0.25) is 0 Å². The van der Waals surface area contributed by atoms with E-state index in [-0.39, 0.29) is 0 Å². The molecular formula is C9H10F3N3O. The third-order valence-corrected chi connectivity index (χ3v) is 1.62. The molecule has 88 valence electrons. The maximum Gasteiger partial charge on any atom is 0.405 e. The summed E-state index contributed by atoms with van der Waals surface area (Å²) >= 11 is 0. The van der Waals surface area contributed by atoms with E-state index in [1.54, 1.807) is 24.4 Å². The molecule has 2 N–H and O–H groups in total. The number of halogens is 3. The van der Waals surface area contributed by atoms with Crippen LogP contribution in [-0.4, -0.2) is 23.7 Å². The van der Waals surface area contributed by atoms with E-state index in [1.165, 1.54) is 6.20 Å². The zero-order chi connectivity index (χ0) is 12.2. The first-order valence-electron chi connectivity index (χ1n) is 4.41. The number of aromatic nitrogens is 1. The fourth-order valence-corrected chi connectivity index (χ4v) is 0.898. The smallest absolute Gasteiger partial charge is 0.329 e. The van der Waals surface area contributed by atoms with Crippen LogP contribution in [0.25, 0.3) is 0 Å². The predicted octanol–water partition coefficient (Wildman–Crippen LogP) is 2.07. The van der Waals surface area contributed by atoms with Crippen LogP contribution in [0.2, 0.25) is 0 Å². The van der Waals surface area contributed by atoms with Gasteiger partial charge in [0.15, 0.2) is 0 Å². The van der Waals surface area contributed by atoms with Crippen molar-refractivity contribution >= 4 is 11.7 Å². The molecule has 4 nitrogen and oxygen atoms in total. The summed E-state index contributed by atoms with van der Waals surface area (Å²) in [7, 11) is 0. The number of nitrogens with one attached hydrogen (secondary N) is 2. The molecule has 0 unspecified atom stereocenters. The van der Waals surface area contributed by atoms with Crippen LogP contribution in [0.15, 0.2) is 18.3 Å². The van der Waals surface area contributed by atoms with Gasteiger partial charge >= 0.3 is 12.2 Å². The van der Waals surface area contributed by atoms with Crippen molar-refractivity contribution in [1.82, 2.24) is 10.3 Å². The van der Waals surface area contributed by atoms with E-state index < -0.39 is 18.8 Å². The molecule has 2 amide bonds. The number of amides is 2. The van der Waals surface area contributed by atoms with Gasteiger partial charge in [-0.1, -0.05) is 0 Å². The van der Waals surface area contributed by atoms with E-state index in [0.717, 1.165) is 5.69 Å². The molecule has 0 saturated carbocycles. The van der Waals surface area contributed by atoms with Gasteiger partial charge < -0.3 is 10.6 Å². The van der Waals surface area contributed by atoms with Gasteiger partial charge in [0, 0.05) is 5.69 Å². The Bertz CT molecular complexity index is 361. The maximum atomic E-state index is 11.8. The van der Waals surface area contributed by atoms with Crippen LogP contribution in [-0.2, 0) is 0 Å². The summed E-state index contributed by atoms with van der Waals surface area (Å²) in [6, 6.07) is 2.28. The molecule has 0 spiro atoms. The zero-order valence-electron chi connectivity index (χ0n) is 8.43. The van der Waals surface area contributed by atoms with Crippen LogP contribution >= 0.6 is 0 Å². The Hall–Kier alpha value is -1.79. The lowest BCUT2D eigenvalue weighted by molar-refractivity contribution is -0.122. The normalized spacial score (nSPS) is 11.0. The predicted molar refractivity (Wildman–Crippen MR) is 52.1 cm³/mol. The van der Waals surface area contributed by atoms with E-state index in [9.17, 15) is 18.0 Å². The molecule has 1 aromatic rings. The van der Waals surface area contributed by atoms with Crippen molar-refractivity contribution in [2.75, 3.05) is 11.9 Å². The largest absolute Gasteiger partial charge is 0.405 e. The second-order valence-electron chi connectivity index (χ2n) is 3.11. The van der Waals surface area contributed by atoms with Gasteiger partial charge in [-0.25, -0.2) is 4.79 Å². The van der Waals surface area contributed by atoms with E-state index in [2.05, 4.69) is 10.3 Å². The molecule has 0 aromatic carbocycles.